The maximum atomic E-state index is 12.3. The van der Waals surface area contributed by atoms with Crippen molar-refractivity contribution >= 4 is 22.7 Å². The van der Waals surface area contributed by atoms with Crippen LogP contribution in [-0.2, 0) is 9.53 Å². The van der Waals surface area contributed by atoms with Gasteiger partial charge in [0.15, 0.2) is 0 Å². The van der Waals surface area contributed by atoms with E-state index >= 15 is 0 Å². The van der Waals surface area contributed by atoms with Crippen molar-refractivity contribution < 1.29 is 14.3 Å². The Balaban J connectivity index is 1.77. The number of amides is 1. The minimum Gasteiger partial charge on any atom is -0.379 e. The first-order valence-corrected chi connectivity index (χ1v) is 8.33. The van der Waals surface area contributed by atoms with Gasteiger partial charge in [-0.25, -0.2) is 4.68 Å². The number of nitrogens with zero attached hydrogens (tertiary/aromatic N) is 2. The van der Waals surface area contributed by atoms with Gasteiger partial charge in [-0.05, 0) is 39.3 Å². The van der Waals surface area contributed by atoms with E-state index in [0.717, 1.165) is 22.9 Å². The highest BCUT2D eigenvalue weighted by Gasteiger charge is 2.12. The molecule has 0 bridgehead atoms. The molecule has 0 atom stereocenters. The summed E-state index contributed by atoms with van der Waals surface area (Å²) in [4.78, 5) is 24.0. The predicted octanol–water partition coefficient (Wildman–Crippen LogP) is 2.70. The zero-order chi connectivity index (χ0) is 17.5. The lowest BCUT2D eigenvalue weighted by Crippen LogP contribution is -2.26. The van der Waals surface area contributed by atoms with Crippen molar-refractivity contribution in [1.82, 2.24) is 15.1 Å². The molecule has 2 rings (SSSR count). The van der Waals surface area contributed by atoms with E-state index in [2.05, 4.69) is 10.4 Å². The maximum Gasteiger partial charge on any atom is 0.247 e. The summed E-state index contributed by atoms with van der Waals surface area (Å²) in [7, 11) is 0. The second-order valence-electron chi connectivity index (χ2n) is 6.14. The van der Waals surface area contributed by atoms with Crippen molar-refractivity contribution in [3.05, 3.63) is 30.0 Å². The molecule has 1 heterocycles. The topological polar surface area (TPSA) is 73.2 Å². The van der Waals surface area contributed by atoms with Gasteiger partial charge in [-0.2, -0.15) is 5.10 Å². The third-order valence-corrected chi connectivity index (χ3v) is 3.62. The van der Waals surface area contributed by atoms with Crippen LogP contribution in [0.4, 0.5) is 0 Å². The van der Waals surface area contributed by atoms with Gasteiger partial charge in [0.05, 0.1) is 17.8 Å². The maximum absolute atomic E-state index is 12.3. The standard InChI is InChI=1S/C18H25N3O3/c1-13(2)24-10-4-9-19-17(22)7-8-18(23)21-16-6-5-14(3)11-15(16)12-20-21/h5-6,11-13H,4,7-10H2,1-3H3,(H,19,22). The van der Waals surface area contributed by atoms with Crippen LogP contribution in [-0.4, -0.2) is 40.9 Å². The number of hydrogen-bond acceptors (Lipinski definition) is 4. The highest BCUT2D eigenvalue weighted by Crippen LogP contribution is 2.15. The summed E-state index contributed by atoms with van der Waals surface area (Å²) in [5.41, 5.74) is 1.90. The van der Waals surface area contributed by atoms with Crippen molar-refractivity contribution in [2.24, 2.45) is 0 Å². The number of benzene rings is 1. The number of ether oxygens (including phenoxy) is 1. The molecule has 0 aliphatic heterocycles. The second kappa shape index (κ2) is 8.59. The molecule has 0 saturated heterocycles. The quantitative estimate of drug-likeness (QED) is 0.755. The van der Waals surface area contributed by atoms with E-state index in [4.69, 9.17) is 4.74 Å². The monoisotopic (exact) mass is 331 g/mol. The van der Waals surface area contributed by atoms with Crippen LogP contribution in [0.2, 0.25) is 0 Å². The number of rotatable bonds is 8. The molecule has 130 valence electrons. The largest absolute Gasteiger partial charge is 0.379 e. The lowest BCUT2D eigenvalue weighted by Gasteiger charge is -2.08. The highest BCUT2D eigenvalue weighted by molar-refractivity contribution is 5.92. The first kappa shape index (κ1) is 18.1. The molecule has 0 aliphatic rings. The molecule has 0 saturated carbocycles. The number of aryl methyl sites for hydroxylation is 1. The van der Waals surface area contributed by atoms with Crippen molar-refractivity contribution in [3.8, 4) is 0 Å². The van der Waals surface area contributed by atoms with Gasteiger partial charge < -0.3 is 10.1 Å². The van der Waals surface area contributed by atoms with Crippen molar-refractivity contribution in [3.63, 3.8) is 0 Å². The molecule has 1 N–H and O–H groups in total. The first-order valence-electron chi connectivity index (χ1n) is 8.33. The summed E-state index contributed by atoms with van der Waals surface area (Å²) in [6, 6.07) is 5.81. The Hall–Kier alpha value is -2.21. The van der Waals surface area contributed by atoms with Crippen LogP contribution < -0.4 is 5.32 Å². The SMILES string of the molecule is Cc1ccc2c(cnn2C(=O)CCC(=O)NCCCOC(C)C)c1. The normalized spacial score (nSPS) is 11.2. The molecule has 1 aromatic heterocycles. The van der Waals surface area contributed by atoms with E-state index < -0.39 is 0 Å². The number of fused-ring (bicyclic) bond motifs is 1. The van der Waals surface area contributed by atoms with E-state index in [1.807, 2.05) is 39.0 Å². The Kier molecular flexibility index (Phi) is 6.49. The van der Waals surface area contributed by atoms with Crippen LogP contribution in [0.1, 0.15) is 43.5 Å². The van der Waals surface area contributed by atoms with Gasteiger partial charge in [0.25, 0.3) is 0 Å². The van der Waals surface area contributed by atoms with Gasteiger partial charge >= 0.3 is 0 Å². The third kappa shape index (κ3) is 5.16. The summed E-state index contributed by atoms with van der Waals surface area (Å²) >= 11 is 0. The Morgan fingerprint density at radius 3 is 2.83 bits per heavy atom. The second-order valence-corrected chi connectivity index (χ2v) is 6.14. The van der Waals surface area contributed by atoms with Crippen LogP contribution in [0, 0.1) is 6.92 Å². The molecule has 0 fully saturated rings. The Morgan fingerprint density at radius 2 is 2.08 bits per heavy atom. The zero-order valence-electron chi connectivity index (χ0n) is 14.5. The number of nitrogens with one attached hydrogen (secondary N) is 1. The third-order valence-electron chi connectivity index (χ3n) is 3.62. The fraction of sp³-hybridized carbons (Fsp3) is 0.500. The fourth-order valence-corrected chi connectivity index (χ4v) is 2.38. The molecule has 0 radical (unpaired) electrons. The molecule has 2 aromatic rings. The van der Waals surface area contributed by atoms with E-state index in [1.54, 1.807) is 6.20 Å². The van der Waals surface area contributed by atoms with Crippen molar-refractivity contribution in [2.75, 3.05) is 13.2 Å². The van der Waals surface area contributed by atoms with Crippen molar-refractivity contribution in [1.29, 1.82) is 0 Å². The summed E-state index contributed by atoms with van der Waals surface area (Å²) in [5.74, 6) is -0.299. The Labute approximate surface area is 142 Å². The van der Waals surface area contributed by atoms with E-state index in [1.165, 1.54) is 4.68 Å². The smallest absolute Gasteiger partial charge is 0.247 e. The van der Waals surface area contributed by atoms with Crippen LogP contribution in [0.3, 0.4) is 0 Å². The number of aromatic nitrogens is 2. The summed E-state index contributed by atoms with van der Waals surface area (Å²) in [6.07, 6.45) is 2.94. The Bertz CT molecular complexity index is 707. The molecular formula is C18H25N3O3. The van der Waals surface area contributed by atoms with E-state index in [9.17, 15) is 9.59 Å². The fourth-order valence-electron chi connectivity index (χ4n) is 2.38. The van der Waals surface area contributed by atoms with Gasteiger partial charge in [0.1, 0.15) is 0 Å². The molecule has 0 unspecified atom stereocenters. The summed E-state index contributed by atoms with van der Waals surface area (Å²) in [5, 5.41) is 7.87. The molecule has 6 heteroatoms. The average Bonchev–Trinajstić information content (AvgIpc) is 2.95. The molecular weight excluding hydrogens is 306 g/mol. The molecule has 1 amide bonds. The van der Waals surface area contributed by atoms with Crippen LogP contribution in [0.5, 0.6) is 0 Å². The minimum absolute atomic E-state index is 0.125. The summed E-state index contributed by atoms with van der Waals surface area (Å²) in [6.45, 7) is 7.13. The van der Waals surface area contributed by atoms with Crippen molar-refractivity contribution in [2.45, 2.75) is 46.1 Å². The van der Waals surface area contributed by atoms with Gasteiger partial charge in [-0.1, -0.05) is 11.6 Å². The van der Waals surface area contributed by atoms with Gasteiger partial charge in [-0.3, -0.25) is 9.59 Å². The molecule has 6 nitrogen and oxygen atoms in total. The molecule has 0 spiro atoms. The van der Waals surface area contributed by atoms with Gasteiger partial charge in [0.2, 0.25) is 11.8 Å². The predicted molar refractivity (Wildman–Crippen MR) is 93.0 cm³/mol. The van der Waals surface area contributed by atoms with Crippen LogP contribution >= 0.6 is 0 Å². The molecule has 1 aromatic carbocycles. The zero-order valence-corrected chi connectivity index (χ0v) is 14.5. The van der Waals surface area contributed by atoms with E-state index in [0.29, 0.717) is 13.2 Å². The number of hydrogen-bond donors (Lipinski definition) is 1. The lowest BCUT2D eigenvalue weighted by atomic mass is 10.2. The van der Waals surface area contributed by atoms with Gasteiger partial charge in [-0.15, -0.1) is 0 Å². The first-order chi connectivity index (χ1) is 11.5. The van der Waals surface area contributed by atoms with E-state index in [-0.39, 0.29) is 30.8 Å². The lowest BCUT2D eigenvalue weighted by molar-refractivity contribution is -0.121. The van der Waals surface area contributed by atoms with Crippen LogP contribution in [0.25, 0.3) is 10.9 Å². The Morgan fingerprint density at radius 1 is 1.29 bits per heavy atom. The number of carbonyl (C=O) groups excluding carboxylic acids is 2. The number of carbonyl (C=O) groups is 2. The summed E-state index contributed by atoms with van der Waals surface area (Å²) < 4.78 is 6.78. The molecule has 24 heavy (non-hydrogen) atoms. The highest BCUT2D eigenvalue weighted by atomic mass is 16.5. The van der Waals surface area contributed by atoms with Crippen LogP contribution in [0.15, 0.2) is 24.4 Å². The van der Waals surface area contributed by atoms with Gasteiger partial charge in [0, 0.05) is 31.4 Å². The average molecular weight is 331 g/mol. The molecule has 0 aliphatic carbocycles. The minimum atomic E-state index is -0.174.